The molecule has 2 heterocycles. The zero-order valence-electron chi connectivity index (χ0n) is 14.1. The first-order chi connectivity index (χ1) is 12.7. The molecule has 0 unspecified atom stereocenters. The smallest absolute Gasteiger partial charge is 0.248 e. The van der Waals surface area contributed by atoms with Crippen LogP contribution in [0.4, 0.5) is 11.6 Å². The summed E-state index contributed by atoms with van der Waals surface area (Å²) in [6.07, 6.45) is 1.67. The first-order valence-electron chi connectivity index (χ1n) is 8.08. The Morgan fingerprint density at radius 1 is 1.15 bits per heavy atom. The molecule has 26 heavy (non-hydrogen) atoms. The Morgan fingerprint density at radius 2 is 2.04 bits per heavy atom. The number of aromatic nitrogens is 3. The highest BCUT2D eigenvalue weighted by atomic mass is 32.1. The Kier molecular flexibility index (Phi) is 4.40. The molecule has 0 spiro atoms. The predicted molar refractivity (Wildman–Crippen MR) is 103 cm³/mol. The average Bonchev–Trinajstić information content (AvgIpc) is 3.23. The highest BCUT2D eigenvalue weighted by Crippen LogP contribution is 2.34. The van der Waals surface area contributed by atoms with Gasteiger partial charge in [0.15, 0.2) is 16.6 Å². The van der Waals surface area contributed by atoms with Crippen molar-refractivity contribution in [3.05, 3.63) is 59.9 Å². The summed E-state index contributed by atoms with van der Waals surface area (Å²) in [5.74, 6) is 1.86. The lowest BCUT2D eigenvalue weighted by atomic mass is 10.1. The van der Waals surface area contributed by atoms with Gasteiger partial charge in [-0.1, -0.05) is 29.8 Å². The summed E-state index contributed by atoms with van der Waals surface area (Å²) in [6, 6.07) is 13.8. The number of nitrogens with zero attached hydrogens (tertiary/aromatic N) is 3. The average molecular weight is 367 g/mol. The molecule has 0 saturated heterocycles. The standard InChI is InChI=1S/C18H17N5O2S/c1-12-3-2-4-13(7-12)9-23-10-19-17(22-23)21-18(26)20-14-5-6-15-16(8-14)25-11-24-15/h2-8,10H,9,11H2,1H3,(H2,20,21,22,26). The van der Waals surface area contributed by atoms with E-state index in [1.165, 1.54) is 11.1 Å². The number of hydrogen-bond donors (Lipinski definition) is 2. The Morgan fingerprint density at radius 3 is 2.92 bits per heavy atom. The van der Waals surface area contributed by atoms with E-state index in [9.17, 15) is 0 Å². The van der Waals surface area contributed by atoms with Gasteiger partial charge in [-0.25, -0.2) is 9.67 Å². The molecule has 0 bridgehead atoms. The largest absolute Gasteiger partial charge is 0.454 e. The van der Waals surface area contributed by atoms with E-state index >= 15 is 0 Å². The van der Waals surface area contributed by atoms with Gasteiger partial charge in [-0.2, -0.15) is 0 Å². The van der Waals surface area contributed by atoms with Crippen molar-refractivity contribution in [1.82, 2.24) is 14.8 Å². The summed E-state index contributed by atoms with van der Waals surface area (Å²) in [5, 5.41) is 10.9. The van der Waals surface area contributed by atoms with Gasteiger partial charge >= 0.3 is 0 Å². The van der Waals surface area contributed by atoms with Gasteiger partial charge in [-0.05, 0) is 36.8 Å². The number of hydrogen-bond acceptors (Lipinski definition) is 5. The van der Waals surface area contributed by atoms with E-state index < -0.39 is 0 Å². The second-order valence-electron chi connectivity index (χ2n) is 5.90. The van der Waals surface area contributed by atoms with Gasteiger partial charge in [-0.15, -0.1) is 5.10 Å². The molecule has 0 radical (unpaired) electrons. The number of fused-ring (bicyclic) bond motifs is 1. The molecule has 132 valence electrons. The fraction of sp³-hybridized carbons (Fsp3) is 0.167. The van der Waals surface area contributed by atoms with E-state index in [4.69, 9.17) is 21.7 Å². The normalized spacial score (nSPS) is 12.0. The van der Waals surface area contributed by atoms with Crippen molar-refractivity contribution in [1.29, 1.82) is 0 Å². The SMILES string of the molecule is Cc1cccc(Cn2cnc(NC(=S)Nc3ccc4c(c3)OCO4)n2)c1. The maximum absolute atomic E-state index is 5.35. The van der Waals surface area contributed by atoms with Crippen LogP contribution in [0, 0.1) is 6.92 Å². The van der Waals surface area contributed by atoms with Crippen molar-refractivity contribution in [3.63, 3.8) is 0 Å². The number of rotatable bonds is 4. The van der Waals surface area contributed by atoms with Gasteiger partial charge in [0.05, 0.1) is 6.54 Å². The minimum Gasteiger partial charge on any atom is -0.454 e. The van der Waals surface area contributed by atoms with E-state index in [0.717, 1.165) is 11.4 Å². The molecule has 7 nitrogen and oxygen atoms in total. The number of aryl methyl sites for hydroxylation is 1. The molecule has 0 saturated carbocycles. The highest BCUT2D eigenvalue weighted by molar-refractivity contribution is 7.80. The maximum Gasteiger partial charge on any atom is 0.248 e. The van der Waals surface area contributed by atoms with Crippen molar-refractivity contribution >= 4 is 29.0 Å². The summed E-state index contributed by atoms with van der Waals surface area (Å²) in [6.45, 7) is 2.96. The zero-order chi connectivity index (χ0) is 17.9. The highest BCUT2D eigenvalue weighted by Gasteiger charge is 2.13. The van der Waals surface area contributed by atoms with Crippen LogP contribution < -0.4 is 20.1 Å². The van der Waals surface area contributed by atoms with E-state index in [0.29, 0.717) is 23.4 Å². The summed E-state index contributed by atoms with van der Waals surface area (Å²) in [4.78, 5) is 4.24. The summed E-state index contributed by atoms with van der Waals surface area (Å²) in [5.41, 5.74) is 3.18. The minimum atomic E-state index is 0.240. The molecule has 1 aromatic heterocycles. The third-order valence-electron chi connectivity index (χ3n) is 3.82. The Balaban J connectivity index is 1.37. The molecule has 0 amide bonds. The molecule has 8 heteroatoms. The van der Waals surface area contributed by atoms with Crippen molar-refractivity contribution in [2.45, 2.75) is 13.5 Å². The Bertz CT molecular complexity index is 956. The third-order valence-corrected chi connectivity index (χ3v) is 4.02. The van der Waals surface area contributed by atoms with Crippen LogP contribution in [0.15, 0.2) is 48.8 Å². The topological polar surface area (TPSA) is 73.2 Å². The maximum atomic E-state index is 5.35. The monoisotopic (exact) mass is 367 g/mol. The van der Waals surface area contributed by atoms with Crippen molar-refractivity contribution in [3.8, 4) is 11.5 Å². The first-order valence-corrected chi connectivity index (χ1v) is 8.49. The van der Waals surface area contributed by atoms with Gasteiger partial charge in [0.1, 0.15) is 6.33 Å². The lowest BCUT2D eigenvalue weighted by molar-refractivity contribution is 0.174. The number of benzene rings is 2. The molecule has 4 rings (SSSR count). The van der Waals surface area contributed by atoms with Crippen LogP contribution in [0.1, 0.15) is 11.1 Å². The van der Waals surface area contributed by atoms with Gasteiger partial charge < -0.3 is 14.8 Å². The van der Waals surface area contributed by atoms with Gasteiger partial charge in [0.2, 0.25) is 12.7 Å². The van der Waals surface area contributed by atoms with Crippen LogP contribution in [0.3, 0.4) is 0 Å². The Labute approximate surface area is 156 Å². The van der Waals surface area contributed by atoms with Crippen LogP contribution in [-0.4, -0.2) is 26.7 Å². The van der Waals surface area contributed by atoms with Crippen LogP contribution >= 0.6 is 12.2 Å². The zero-order valence-corrected chi connectivity index (χ0v) is 14.9. The third kappa shape index (κ3) is 3.75. The first kappa shape index (κ1) is 16.3. The van der Waals surface area contributed by atoms with Crippen molar-refractivity contribution in [2.75, 3.05) is 17.4 Å². The second-order valence-corrected chi connectivity index (χ2v) is 6.31. The van der Waals surface area contributed by atoms with Crippen LogP contribution in [0.5, 0.6) is 11.5 Å². The molecular weight excluding hydrogens is 350 g/mol. The molecule has 0 aliphatic carbocycles. The quantitative estimate of drug-likeness (QED) is 0.686. The number of anilines is 2. The molecule has 0 fully saturated rings. The van der Waals surface area contributed by atoms with Crippen LogP contribution in [-0.2, 0) is 6.54 Å². The molecular formula is C18H17N5O2S. The van der Waals surface area contributed by atoms with E-state index in [1.54, 1.807) is 11.0 Å². The summed E-state index contributed by atoms with van der Waals surface area (Å²) < 4.78 is 12.4. The van der Waals surface area contributed by atoms with Gasteiger partial charge in [0, 0.05) is 11.8 Å². The fourth-order valence-electron chi connectivity index (χ4n) is 2.66. The molecule has 2 N–H and O–H groups in total. The second kappa shape index (κ2) is 7.01. The van der Waals surface area contributed by atoms with Gasteiger partial charge in [0.25, 0.3) is 0 Å². The van der Waals surface area contributed by atoms with Crippen LogP contribution in [0.2, 0.25) is 0 Å². The lowest BCUT2D eigenvalue weighted by Crippen LogP contribution is -2.20. The predicted octanol–water partition coefficient (Wildman–Crippen LogP) is 3.17. The number of ether oxygens (including phenoxy) is 2. The summed E-state index contributed by atoms with van der Waals surface area (Å²) in [7, 11) is 0. The van der Waals surface area contributed by atoms with E-state index in [1.807, 2.05) is 24.3 Å². The molecule has 3 aromatic rings. The van der Waals surface area contributed by atoms with Crippen molar-refractivity contribution < 1.29 is 9.47 Å². The van der Waals surface area contributed by atoms with Crippen molar-refractivity contribution in [2.24, 2.45) is 0 Å². The number of thiocarbonyl (C=S) groups is 1. The van der Waals surface area contributed by atoms with Gasteiger partial charge in [-0.3, -0.25) is 5.32 Å². The molecule has 1 aliphatic rings. The molecule has 2 aromatic carbocycles. The molecule has 1 aliphatic heterocycles. The minimum absolute atomic E-state index is 0.240. The van der Waals surface area contributed by atoms with Crippen LogP contribution in [0.25, 0.3) is 0 Å². The summed E-state index contributed by atoms with van der Waals surface area (Å²) >= 11 is 5.32. The number of nitrogens with one attached hydrogen (secondary N) is 2. The Hall–Kier alpha value is -3.13. The van der Waals surface area contributed by atoms with E-state index in [-0.39, 0.29) is 6.79 Å². The fourth-order valence-corrected chi connectivity index (χ4v) is 2.87. The van der Waals surface area contributed by atoms with E-state index in [2.05, 4.69) is 45.8 Å². The lowest BCUT2D eigenvalue weighted by Gasteiger charge is -2.08. The molecule has 0 atom stereocenters.